The highest BCUT2D eigenvalue weighted by Crippen LogP contribution is 2.22. The van der Waals surface area contributed by atoms with E-state index in [4.69, 9.17) is 9.84 Å². The Hall–Kier alpha value is -1.62. The van der Waals surface area contributed by atoms with Crippen molar-refractivity contribution in [3.63, 3.8) is 0 Å². The molecule has 0 amide bonds. The van der Waals surface area contributed by atoms with Crippen molar-refractivity contribution in [2.45, 2.75) is 25.8 Å². The standard InChI is InChI=1S/C14H20N2O3/c1-19-13-4-2-3-12(15-13)10-16-8-7-11(9-16)5-6-14(17)18/h2-4,11H,5-10H2,1H3,(H,17,18). The number of carbonyl (C=O) groups is 1. The van der Waals surface area contributed by atoms with Crippen molar-refractivity contribution < 1.29 is 14.6 Å². The van der Waals surface area contributed by atoms with Gasteiger partial charge in [-0.2, -0.15) is 0 Å². The number of methoxy groups -OCH3 is 1. The predicted octanol–water partition coefficient (Wildman–Crippen LogP) is 1.78. The van der Waals surface area contributed by atoms with Gasteiger partial charge in [-0.15, -0.1) is 0 Å². The fraction of sp³-hybridized carbons (Fsp3) is 0.571. The monoisotopic (exact) mass is 264 g/mol. The molecule has 1 atom stereocenters. The van der Waals surface area contributed by atoms with Gasteiger partial charge in [-0.3, -0.25) is 9.69 Å². The quantitative estimate of drug-likeness (QED) is 0.848. The number of hydrogen-bond acceptors (Lipinski definition) is 4. The summed E-state index contributed by atoms with van der Waals surface area (Å²) in [4.78, 5) is 17.3. The van der Waals surface area contributed by atoms with Gasteiger partial charge in [0.15, 0.2) is 0 Å². The molecule has 19 heavy (non-hydrogen) atoms. The number of pyridine rings is 1. The van der Waals surface area contributed by atoms with Gasteiger partial charge in [0.1, 0.15) is 0 Å². The van der Waals surface area contributed by atoms with E-state index in [9.17, 15) is 4.79 Å². The molecule has 1 unspecified atom stereocenters. The van der Waals surface area contributed by atoms with E-state index in [1.165, 1.54) is 0 Å². The molecule has 0 aromatic carbocycles. The third-order valence-electron chi connectivity index (χ3n) is 3.51. The molecule has 1 aromatic rings. The van der Waals surface area contributed by atoms with Gasteiger partial charge >= 0.3 is 5.97 Å². The first-order chi connectivity index (χ1) is 9.17. The van der Waals surface area contributed by atoms with E-state index in [1.807, 2.05) is 18.2 Å². The normalized spacial score (nSPS) is 19.5. The van der Waals surface area contributed by atoms with E-state index in [0.717, 1.165) is 38.2 Å². The van der Waals surface area contributed by atoms with Crippen molar-refractivity contribution in [3.05, 3.63) is 23.9 Å². The van der Waals surface area contributed by atoms with Gasteiger partial charge in [0, 0.05) is 25.6 Å². The van der Waals surface area contributed by atoms with Crippen molar-refractivity contribution in [1.82, 2.24) is 9.88 Å². The highest BCUT2D eigenvalue weighted by Gasteiger charge is 2.23. The van der Waals surface area contributed by atoms with Crippen LogP contribution in [0.1, 0.15) is 25.0 Å². The minimum absolute atomic E-state index is 0.274. The number of aliphatic carboxylic acids is 1. The van der Waals surface area contributed by atoms with Gasteiger partial charge in [-0.1, -0.05) is 6.07 Å². The van der Waals surface area contributed by atoms with Crippen LogP contribution in [0.3, 0.4) is 0 Å². The molecule has 0 aliphatic carbocycles. The molecular formula is C14H20N2O3. The molecule has 0 bridgehead atoms. The van der Waals surface area contributed by atoms with Crippen molar-refractivity contribution in [2.24, 2.45) is 5.92 Å². The maximum atomic E-state index is 10.6. The summed E-state index contributed by atoms with van der Waals surface area (Å²) >= 11 is 0. The molecule has 1 aliphatic rings. The van der Waals surface area contributed by atoms with E-state index in [2.05, 4.69) is 9.88 Å². The molecule has 1 aromatic heterocycles. The summed E-state index contributed by atoms with van der Waals surface area (Å²) in [6, 6.07) is 5.77. The first kappa shape index (κ1) is 13.8. The van der Waals surface area contributed by atoms with Crippen molar-refractivity contribution >= 4 is 5.97 Å². The molecule has 5 nitrogen and oxygen atoms in total. The number of rotatable bonds is 6. The molecule has 1 fully saturated rings. The molecule has 2 heterocycles. The van der Waals surface area contributed by atoms with Gasteiger partial charge in [0.2, 0.25) is 5.88 Å². The molecule has 1 aliphatic heterocycles. The summed E-state index contributed by atoms with van der Waals surface area (Å²) < 4.78 is 5.11. The number of carboxylic acids is 1. The highest BCUT2D eigenvalue weighted by molar-refractivity contribution is 5.66. The van der Waals surface area contributed by atoms with E-state index >= 15 is 0 Å². The Bertz CT molecular complexity index is 436. The molecule has 2 rings (SSSR count). The van der Waals surface area contributed by atoms with Crippen LogP contribution in [0.5, 0.6) is 5.88 Å². The molecule has 1 saturated heterocycles. The van der Waals surface area contributed by atoms with Crippen molar-refractivity contribution in [3.8, 4) is 5.88 Å². The number of likely N-dealkylation sites (tertiary alicyclic amines) is 1. The fourth-order valence-corrected chi connectivity index (χ4v) is 2.51. The summed E-state index contributed by atoms with van der Waals surface area (Å²) in [5.74, 6) is 0.439. The maximum Gasteiger partial charge on any atom is 0.303 e. The van der Waals surface area contributed by atoms with E-state index in [-0.39, 0.29) is 6.42 Å². The number of hydrogen-bond donors (Lipinski definition) is 1. The number of ether oxygens (including phenoxy) is 1. The Balaban J connectivity index is 1.82. The number of aromatic nitrogens is 1. The summed E-state index contributed by atoms with van der Waals surface area (Å²) in [7, 11) is 1.61. The van der Waals surface area contributed by atoms with Gasteiger partial charge in [-0.05, 0) is 31.4 Å². The lowest BCUT2D eigenvalue weighted by Gasteiger charge is -2.15. The topological polar surface area (TPSA) is 62.7 Å². The first-order valence-electron chi connectivity index (χ1n) is 6.61. The Morgan fingerprint density at radius 1 is 1.58 bits per heavy atom. The van der Waals surface area contributed by atoms with E-state index in [0.29, 0.717) is 11.8 Å². The Morgan fingerprint density at radius 2 is 2.42 bits per heavy atom. The molecule has 0 radical (unpaired) electrons. The first-order valence-corrected chi connectivity index (χ1v) is 6.61. The molecule has 1 N–H and O–H groups in total. The smallest absolute Gasteiger partial charge is 0.303 e. The van der Waals surface area contributed by atoms with Crippen LogP contribution in [0.15, 0.2) is 18.2 Å². The Labute approximate surface area is 113 Å². The second kappa shape index (κ2) is 6.52. The lowest BCUT2D eigenvalue weighted by Crippen LogP contribution is -2.21. The van der Waals surface area contributed by atoms with Crippen LogP contribution in [0.4, 0.5) is 0 Å². The second-order valence-corrected chi connectivity index (χ2v) is 4.99. The molecular weight excluding hydrogens is 244 g/mol. The Kier molecular flexibility index (Phi) is 4.74. The van der Waals surface area contributed by atoms with Gasteiger partial charge in [-0.25, -0.2) is 4.98 Å². The van der Waals surface area contributed by atoms with Gasteiger partial charge in [0.05, 0.1) is 12.8 Å². The van der Waals surface area contributed by atoms with Crippen LogP contribution in [0.2, 0.25) is 0 Å². The summed E-state index contributed by atoms with van der Waals surface area (Å²) in [5.41, 5.74) is 0.998. The van der Waals surface area contributed by atoms with Crippen LogP contribution in [-0.2, 0) is 11.3 Å². The maximum absolute atomic E-state index is 10.6. The summed E-state index contributed by atoms with van der Waals surface area (Å²) in [5, 5.41) is 8.70. The third kappa shape index (κ3) is 4.21. The zero-order valence-electron chi connectivity index (χ0n) is 11.2. The SMILES string of the molecule is COc1cccc(CN2CCC(CCC(=O)O)C2)n1. The summed E-state index contributed by atoms with van der Waals surface area (Å²) in [6.07, 6.45) is 2.13. The largest absolute Gasteiger partial charge is 0.481 e. The zero-order valence-corrected chi connectivity index (χ0v) is 11.2. The van der Waals surface area contributed by atoms with Gasteiger partial charge in [0.25, 0.3) is 0 Å². The lowest BCUT2D eigenvalue weighted by atomic mass is 10.0. The van der Waals surface area contributed by atoms with Crippen molar-refractivity contribution in [1.29, 1.82) is 0 Å². The lowest BCUT2D eigenvalue weighted by molar-refractivity contribution is -0.137. The van der Waals surface area contributed by atoms with Crippen LogP contribution in [-0.4, -0.2) is 41.2 Å². The molecule has 0 saturated carbocycles. The Morgan fingerprint density at radius 3 is 3.16 bits per heavy atom. The molecule has 5 heteroatoms. The van der Waals surface area contributed by atoms with E-state index < -0.39 is 5.97 Å². The zero-order chi connectivity index (χ0) is 13.7. The van der Waals surface area contributed by atoms with Crippen LogP contribution in [0.25, 0.3) is 0 Å². The third-order valence-corrected chi connectivity index (χ3v) is 3.51. The second-order valence-electron chi connectivity index (χ2n) is 4.99. The minimum atomic E-state index is -0.701. The van der Waals surface area contributed by atoms with Crippen LogP contribution < -0.4 is 4.74 Å². The highest BCUT2D eigenvalue weighted by atomic mass is 16.5. The van der Waals surface area contributed by atoms with Gasteiger partial charge < -0.3 is 9.84 Å². The average molecular weight is 264 g/mol. The minimum Gasteiger partial charge on any atom is -0.481 e. The molecule has 104 valence electrons. The average Bonchev–Trinajstić information content (AvgIpc) is 2.84. The number of nitrogens with zero attached hydrogens (tertiary/aromatic N) is 2. The molecule has 0 spiro atoms. The fourth-order valence-electron chi connectivity index (χ4n) is 2.51. The van der Waals surface area contributed by atoms with Crippen molar-refractivity contribution in [2.75, 3.05) is 20.2 Å². The predicted molar refractivity (Wildman–Crippen MR) is 71.0 cm³/mol. The van der Waals surface area contributed by atoms with E-state index in [1.54, 1.807) is 7.11 Å². The number of carboxylic acid groups (broad SMARTS) is 1. The summed E-state index contributed by atoms with van der Waals surface area (Å²) in [6.45, 7) is 2.79. The van der Waals surface area contributed by atoms with Crippen LogP contribution >= 0.6 is 0 Å². The van der Waals surface area contributed by atoms with Crippen LogP contribution in [0, 0.1) is 5.92 Å².